The summed E-state index contributed by atoms with van der Waals surface area (Å²) in [5.74, 6) is 1.26. The number of hydrogen-bond donors (Lipinski definition) is 1. The maximum atomic E-state index is 13.2. The Morgan fingerprint density at radius 1 is 1.21 bits per heavy atom. The van der Waals surface area contributed by atoms with Gasteiger partial charge in [-0.25, -0.2) is 0 Å². The third kappa shape index (κ3) is 5.74. The number of rotatable bonds is 8. The van der Waals surface area contributed by atoms with Gasteiger partial charge in [-0.3, -0.25) is 9.69 Å². The fraction of sp³-hybridized carbons (Fsp3) is 0.321. The number of likely N-dealkylation sites (tertiary alicyclic amines) is 1. The second-order valence-corrected chi connectivity index (χ2v) is 8.74. The van der Waals surface area contributed by atoms with Crippen molar-refractivity contribution >= 4 is 16.9 Å². The summed E-state index contributed by atoms with van der Waals surface area (Å²) in [6, 6.07) is 16.3. The molecule has 0 spiro atoms. The number of nitrogens with one attached hydrogen (secondary N) is 1. The zero-order valence-corrected chi connectivity index (χ0v) is 19.5. The van der Waals surface area contributed by atoms with E-state index >= 15 is 0 Å². The Balaban J connectivity index is 1.39. The van der Waals surface area contributed by atoms with Gasteiger partial charge in [-0.2, -0.15) is 0 Å². The van der Waals surface area contributed by atoms with Gasteiger partial charge < -0.3 is 14.5 Å². The number of hydrogen-bond acceptors (Lipinski definition) is 4. The van der Waals surface area contributed by atoms with Crippen LogP contribution in [0.4, 0.5) is 0 Å². The highest BCUT2D eigenvalue weighted by Crippen LogP contribution is 2.29. The fourth-order valence-electron chi connectivity index (χ4n) is 4.35. The Bertz CT molecular complexity index is 1140. The third-order valence-corrected chi connectivity index (χ3v) is 6.10. The SMILES string of the molecule is C=C/C=C(\C)COc1ccc2oc(C)c(C(=O)NC3CCN(Cc4ccccc4)CC3)c2c1. The van der Waals surface area contributed by atoms with E-state index in [1.165, 1.54) is 5.56 Å². The average molecular weight is 445 g/mol. The minimum Gasteiger partial charge on any atom is -0.489 e. The number of nitrogens with zero attached hydrogens (tertiary/aromatic N) is 1. The highest BCUT2D eigenvalue weighted by Gasteiger charge is 2.24. The van der Waals surface area contributed by atoms with E-state index in [0.717, 1.165) is 43.4 Å². The van der Waals surface area contributed by atoms with Gasteiger partial charge in [0.25, 0.3) is 5.91 Å². The van der Waals surface area contributed by atoms with Crippen LogP contribution in [0.25, 0.3) is 11.0 Å². The summed E-state index contributed by atoms with van der Waals surface area (Å²) in [6.45, 7) is 10.9. The largest absolute Gasteiger partial charge is 0.489 e. The van der Waals surface area contributed by atoms with Crippen LogP contribution >= 0.6 is 0 Å². The maximum absolute atomic E-state index is 13.2. The molecule has 0 radical (unpaired) electrons. The lowest BCUT2D eigenvalue weighted by molar-refractivity contribution is 0.0909. The molecule has 0 atom stereocenters. The number of carbonyl (C=O) groups excluding carboxylic acids is 1. The number of ether oxygens (including phenoxy) is 1. The Labute approximate surface area is 195 Å². The summed E-state index contributed by atoms with van der Waals surface area (Å²) in [5.41, 5.74) is 3.69. The number of carbonyl (C=O) groups is 1. The van der Waals surface area contributed by atoms with Crippen molar-refractivity contribution < 1.29 is 13.9 Å². The molecule has 172 valence electrons. The summed E-state index contributed by atoms with van der Waals surface area (Å²) in [6.07, 6.45) is 5.55. The van der Waals surface area contributed by atoms with Gasteiger partial charge in [0.1, 0.15) is 23.7 Å². The number of benzene rings is 2. The molecule has 5 heteroatoms. The highest BCUT2D eigenvalue weighted by molar-refractivity contribution is 6.07. The lowest BCUT2D eigenvalue weighted by Gasteiger charge is -2.32. The van der Waals surface area contributed by atoms with E-state index in [1.54, 1.807) is 6.08 Å². The molecular weight excluding hydrogens is 412 g/mol. The van der Waals surface area contributed by atoms with Crippen LogP contribution < -0.4 is 10.1 Å². The van der Waals surface area contributed by atoms with Gasteiger partial charge in [0.05, 0.1) is 5.56 Å². The van der Waals surface area contributed by atoms with Crippen LogP contribution in [0.1, 0.15) is 41.4 Å². The lowest BCUT2D eigenvalue weighted by Crippen LogP contribution is -2.44. The molecule has 3 aromatic rings. The van der Waals surface area contributed by atoms with Crippen LogP contribution in [0, 0.1) is 6.92 Å². The highest BCUT2D eigenvalue weighted by atomic mass is 16.5. The maximum Gasteiger partial charge on any atom is 0.255 e. The number of allylic oxidation sites excluding steroid dienone is 2. The second kappa shape index (κ2) is 10.5. The first kappa shape index (κ1) is 22.9. The van der Waals surface area contributed by atoms with E-state index < -0.39 is 0 Å². The molecule has 1 aliphatic rings. The summed E-state index contributed by atoms with van der Waals surface area (Å²) >= 11 is 0. The van der Waals surface area contributed by atoms with Gasteiger partial charge in [-0.15, -0.1) is 0 Å². The van der Waals surface area contributed by atoms with Gasteiger partial charge in [0, 0.05) is 31.1 Å². The monoisotopic (exact) mass is 444 g/mol. The normalized spacial score (nSPS) is 15.5. The van der Waals surface area contributed by atoms with Gasteiger partial charge in [-0.05, 0) is 56.0 Å². The van der Waals surface area contributed by atoms with Gasteiger partial charge >= 0.3 is 0 Å². The number of furan rings is 1. The van der Waals surface area contributed by atoms with Crippen LogP contribution in [-0.2, 0) is 6.54 Å². The molecule has 5 nitrogen and oxygen atoms in total. The Kier molecular flexibility index (Phi) is 7.30. The molecule has 2 heterocycles. The van der Waals surface area contributed by atoms with E-state index in [-0.39, 0.29) is 11.9 Å². The van der Waals surface area contributed by atoms with Crippen molar-refractivity contribution in [2.45, 2.75) is 39.3 Å². The van der Waals surface area contributed by atoms with E-state index in [2.05, 4.69) is 41.1 Å². The molecule has 0 bridgehead atoms. The van der Waals surface area contributed by atoms with Crippen molar-refractivity contribution in [1.29, 1.82) is 0 Å². The van der Waals surface area contributed by atoms with E-state index in [9.17, 15) is 4.79 Å². The van der Waals surface area contributed by atoms with Gasteiger partial charge in [0.2, 0.25) is 0 Å². The molecule has 1 fully saturated rings. The average Bonchev–Trinajstić information content (AvgIpc) is 3.15. The van der Waals surface area contributed by atoms with Crippen molar-refractivity contribution in [3.05, 3.63) is 89.7 Å². The summed E-state index contributed by atoms with van der Waals surface area (Å²) < 4.78 is 11.8. The summed E-state index contributed by atoms with van der Waals surface area (Å²) in [4.78, 5) is 15.6. The smallest absolute Gasteiger partial charge is 0.255 e. The van der Waals surface area contributed by atoms with Gasteiger partial charge in [0.15, 0.2) is 0 Å². The van der Waals surface area contributed by atoms with Gasteiger partial charge in [-0.1, -0.05) is 49.1 Å². The molecule has 1 N–H and O–H groups in total. The molecule has 2 aromatic carbocycles. The minimum atomic E-state index is -0.0763. The minimum absolute atomic E-state index is 0.0763. The zero-order chi connectivity index (χ0) is 23.2. The number of piperidine rings is 1. The summed E-state index contributed by atoms with van der Waals surface area (Å²) in [7, 11) is 0. The molecular formula is C28H32N2O3. The molecule has 0 saturated carbocycles. The van der Waals surface area contributed by atoms with E-state index in [4.69, 9.17) is 9.15 Å². The van der Waals surface area contributed by atoms with E-state index in [1.807, 2.05) is 44.2 Å². The standard InChI is InChI=1S/C28H32N2O3/c1-4-8-20(2)19-32-24-11-12-26-25(17-24)27(21(3)33-26)28(31)29-23-13-15-30(16-14-23)18-22-9-6-5-7-10-22/h4-12,17,23H,1,13-16,18-19H2,2-3H3,(H,29,31)/b20-8+. The van der Waals surface area contributed by atoms with Crippen LogP contribution in [0.3, 0.4) is 0 Å². The molecule has 1 aliphatic heterocycles. The summed E-state index contributed by atoms with van der Waals surface area (Å²) in [5, 5.41) is 4.02. The molecule has 1 aromatic heterocycles. The van der Waals surface area contributed by atoms with Crippen molar-refractivity contribution in [2.75, 3.05) is 19.7 Å². The first-order valence-electron chi connectivity index (χ1n) is 11.5. The van der Waals surface area contributed by atoms with Crippen LogP contribution in [0.15, 0.2) is 77.3 Å². The Morgan fingerprint density at radius 2 is 1.97 bits per heavy atom. The predicted octanol–water partition coefficient (Wildman–Crippen LogP) is 5.65. The van der Waals surface area contributed by atoms with Crippen LogP contribution in [-0.4, -0.2) is 36.5 Å². The number of fused-ring (bicyclic) bond motifs is 1. The molecule has 1 saturated heterocycles. The zero-order valence-electron chi connectivity index (χ0n) is 19.5. The molecule has 33 heavy (non-hydrogen) atoms. The van der Waals surface area contributed by atoms with Crippen molar-refractivity contribution in [3.8, 4) is 5.75 Å². The first-order valence-corrected chi connectivity index (χ1v) is 11.5. The Morgan fingerprint density at radius 3 is 2.70 bits per heavy atom. The predicted molar refractivity (Wildman–Crippen MR) is 133 cm³/mol. The van der Waals surface area contributed by atoms with Crippen molar-refractivity contribution in [3.63, 3.8) is 0 Å². The second-order valence-electron chi connectivity index (χ2n) is 8.74. The lowest BCUT2D eigenvalue weighted by atomic mass is 10.0. The van der Waals surface area contributed by atoms with Crippen LogP contribution in [0.5, 0.6) is 5.75 Å². The molecule has 0 aliphatic carbocycles. The van der Waals surface area contributed by atoms with Crippen LogP contribution in [0.2, 0.25) is 0 Å². The van der Waals surface area contributed by atoms with Crippen molar-refractivity contribution in [1.82, 2.24) is 10.2 Å². The van der Waals surface area contributed by atoms with E-state index in [0.29, 0.717) is 29.3 Å². The Hall–Kier alpha value is -3.31. The third-order valence-electron chi connectivity index (χ3n) is 6.10. The number of amides is 1. The fourth-order valence-corrected chi connectivity index (χ4v) is 4.35. The van der Waals surface area contributed by atoms with Crippen molar-refractivity contribution in [2.24, 2.45) is 0 Å². The number of aryl methyl sites for hydroxylation is 1. The molecule has 0 unspecified atom stereocenters. The first-order chi connectivity index (χ1) is 16.0. The molecule has 1 amide bonds. The topological polar surface area (TPSA) is 54.7 Å². The molecule has 4 rings (SSSR count). The quantitative estimate of drug-likeness (QED) is 0.457.